The molecule has 0 heterocycles. The molecule has 0 aromatic rings. The van der Waals surface area contributed by atoms with Crippen LogP contribution in [0.25, 0.3) is 0 Å². The van der Waals surface area contributed by atoms with Crippen molar-refractivity contribution in [3.8, 4) is 0 Å². The van der Waals surface area contributed by atoms with Gasteiger partial charge in [-0.15, -0.1) is 0 Å². The maximum absolute atomic E-state index is 5.15. The highest BCUT2D eigenvalue weighted by atomic mass is 14.5. The van der Waals surface area contributed by atoms with E-state index in [1.165, 1.54) is 0 Å². The van der Waals surface area contributed by atoms with E-state index < -0.39 is 0 Å². The highest BCUT2D eigenvalue weighted by molar-refractivity contribution is 5.22. The molecule has 1 heteroatoms. The van der Waals surface area contributed by atoms with Gasteiger partial charge in [0.1, 0.15) is 0 Å². The molecule has 0 unspecified atom stereocenters. The Balaban J connectivity index is -0.0000000573. The largest absolute Gasteiger partial charge is 0.404 e. The van der Waals surface area contributed by atoms with E-state index in [4.69, 9.17) is 5.73 Å². The second-order valence-corrected chi connectivity index (χ2v) is 1.63. The van der Waals surface area contributed by atoms with Crippen molar-refractivity contribution in [2.24, 2.45) is 5.73 Å². The van der Waals surface area contributed by atoms with Crippen LogP contribution in [0.5, 0.6) is 0 Å². The lowest BCUT2D eigenvalue weighted by atomic mass is 10.2. The molecule has 13 heavy (non-hydrogen) atoms. The molecule has 0 spiro atoms. The zero-order valence-electron chi connectivity index (χ0n) is 10.9. The van der Waals surface area contributed by atoms with Gasteiger partial charge in [0.2, 0.25) is 0 Å². The Morgan fingerprint density at radius 3 is 1.15 bits per heavy atom. The Morgan fingerprint density at radius 1 is 0.923 bits per heavy atom. The van der Waals surface area contributed by atoms with Crippen LogP contribution in [-0.4, -0.2) is 0 Å². The summed E-state index contributed by atoms with van der Waals surface area (Å²) in [6, 6.07) is 0. The fraction of sp³-hybridized carbons (Fsp3) is 0.667. The lowest BCUT2D eigenvalue weighted by Crippen LogP contribution is -1.83. The number of rotatable bonds is 1. The first-order valence-electron chi connectivity index (χ1n) is 5.23. The summed E-state index contributed by atoms with van der Waals surface area (Å²) in [5, 5.41) is 0. The van der Waals surface area contributed by atoms with Crippen molar-refractivity contribution in [3.05, 3.63) is 23.9 Å². The van der Waals surface area contributed by atoms with Crippen molar-refractivity contribution in [1.29, 1.82) is 0 Å². The normalized spacial score (nSPS) is 7.54. The average Bonchev–Trinajstić information content (AvgIpc) is 2.25. The zero-order valence-corrected chi connectivity index (χ0v) is 10.9. The van der Waals surface area contributed by atoms with Crippen LogP contribution < -0.4 is 5.73 Å². The van der Waals surface area contributed by atoms with Crippen molar-refractivity contribution in [1.82, 2.24) is 0 Å². The first-order valence-corrected chi connectivity index (χ1v) is 5.23. The topological polar surface area (TPSA) is 26.0 Å². The van der Waals surface area contributed by atoms with Crippen molar-refractivity contribution in [2.45, 2.75) is 55.4 Å². The summed E-state index contributed by atoms with van der Waals surface area (Å²) >= 11 is 0. The second kappa shape index (κ2) is 30.2. The summed E-state index contributed by atoms with van der Waals surface area (Å²) in [5.74, 6) is 0. The van der Waals surface area contributed by atoms with Crippen molar-refractivity contribution >= 4 is 0 Å². The van der Waals surface area contributed by atoms with Gasteiger partial charge in [-0.2, -0.15) is 0 Å². The van der Waals surface area contributed by atoms with Crippen LogP contribution in [-0.2, 0) is 0 Å². The molecule has 0 aromatic heterocycles. The quantitative estimate of drug-likeness (QED) is 0.601. The first kappa shape index (κ1) is 22.8. The maximum Gasteiger partial charge on any atom is -0.00301 e. The summed E-state index contributed by atoms with van der Waals surface area (Å²) < 4.78 is 0. The third-order valence-corrected chi connectivity index (χ3v) is 0.923. The lowest BCUT2D eigenvalue weighted by molar-refractivity contribution is 1.32. The molecule has 0 bridgehead atoms. The van der Waals surface area contributed by atoms with Crippen LogP contribution in [0.2, 0.25) is 0 Å². The highest BCUT2D eigenvalue weighted by Crippen LogP contribution is 2.00. The van der Waals surface area contributed by atoms with Crippen molar-refractivity contribution in [3.63, 3.8) is 0 Å². The monoisotopic (exact) mass is 187 g/mol. The molecule has 0 aromatic carbocycles. The van der Waals surface area contributed by atoms with Gasteiger partial charge in [-0.05, 0) is 25.6 Å². The van der Waals surface area contributed by atoms with Gasteiger partial charge < -0.3 is 5.73 Å². The molecule has 1 nitrogen and oxygen atoms in total. The summed E-state index contributed by atoms with van der Waals surface area (Å²) in [5.41, 5.74) is 7.24. The van der Waals surface area contributed by atoms with Crippen molar-refractivity contribution in [2.75, 3.05) is 0 Å². The molecular weight excluding hydrogens is 158 g/mol. The van der Waals surface area contributed by atoms with E-state index in [1.807, 2.05) is 55.4 Å². The van der Waals surface area contributed by atoms with Gasteiger partial charge in [0.15, 0.2) is 0 Å². The van der Waals surface area contributed by atoms with Crippen LogP contribution in [0.4, 0.5) is 0 Å². The van der Waals surface area contributed by atoms with E-state index in [9.17, 15) is 0 Å². The fourth-order valence-corrected chi connectivity index (χ4v) is 0.142. The molecule has 0 radical (unpaired) electrons. The molecule has 82 valence electrons. The first-order chi connectivity index (χ1) is 6.18. The molecule has 0 fully saturated rings. The van der Waals surface area contributed by atoms with Crippen LogP contribution in [0.15, 0.2) is 23.9 Å². The minimum Gasteiger partial charge on any atom is -0.404 e. The highest BCUT2D eigenvalue weighted by Gasteiger charge is 1.82. The molecular formula is C12H29N. The molecule has 0 aliphatic heterocycles. The van der Waals surface area contributed by atoms with Gasteiger partial charge in [0, 0.05) is 0 Å². The predicted molar refractivity (Wildman–Crippen MR) is 66.8 cm³/mol. The van der Waals surface area contributed by atoms with E-state index in [2.05, 4.69) is 6.58 Å². The smallest absolute Gasteiger partial charge is 0.00301 e. The molecule has 0 rings (SSSR count). The maximum atomic E-state index is 5.15. The van der Waals surface area contributed by atoms with Crippen molar-refractivity contribution < 1.29 is 0 Å². The van der Waals surface area contributed by atoms with E-state index in [-0.39, 0.29) is 0 Å². The van der Waals surface area contributed by atoms with Gasteiger partial charge >= 0.3 is 0 Å². The molecule has 2 N–H and O–H groups in total. The summed E-state index contributed by atoms with van der Waals surface area (Å²) in [7, 11) is 0. The van der Waals surface area contributed by atoms with E-state index in [0.29, 0.717) is 0 Å². The Morgan fingerprint density at radius 2 is 1.15 bits per heavy atom. The van der Waals surface area contributed by atoms with Crippen LogP contribution >= 0.6 is 0 Å². The standard InChI is InChI=1S/C6H11N.3C2H6/c1-5(2)6(3)4-7;3*1-2/h4H,1,7H2,2-3H3;3*1-2H3/b6-4-;;;. The Kier molecular flexibility index (Phi) is 53.0. The van der Waals surface area contributed by atoms with Gasteiger partial charge in [-0.1, -0.05) is 53.7 Å². The molecule has 0 saturated heterocycles. The SMILES string of the molecule is C=C(C)/C(C)=C\N.CC.CC.CC. The summed E-state index contributed by atoms with van der Waals surface area (Å²) in [6.07, 6.45) is 1.56. The second-order valence-electron chi connectivity index (χ2n) is 1.63. The van der Waals surface area contributed by atoms with Gasteiger partial charge in [-0.3, -0.25) is 0 Å². The third-order valence-electron chi connectivity index (χ3n) is 0.923. The Hall–Kier alpha value is -0.720. The molecule has 0 amide bonds. The minimum atomic E-state index is 1.03. The number of nitrogens with two attached hydrogens (primary N) is 1. The third kappa shape index (κ3) is 34.8. The number of hydrogen-bond acceptors (Lipinski definition) is 1. The van der Waals surface area contributed by atoms with Gasteiger partial charge in [0.05, 0.1) is 0 Å². The molecule has 0 saturated carbocycles. The fourth-order valence-electron chi connectivity index (χ4n) is 0.142. The summed E-state index contributed by atoms with van der Waals surface area (Å²) in [4.78, 5) is 0. The van der Waals surface area contributed by atoms with E-state index >= 15 is 0 Å². The Labute approximate surface area is 85.7 Å². The van der Waals surface area contributed by atoms with Gasteiger partial charge in [0.25, 0.3) is 0 Å². The van der Waals surface area contributed by atoms with E-state index in [1.54, 1.807) is 6.20 Å². The molecule has 0 aliphatic carbocycles. The number of hydrogen-bond donors (Lipinski definition) is 1. The number of allylic oxidation sites excluding steroid dienone is 2. The van der Waals surface area contributed by atoms with Crippen LogP contribution in [0.3, 0.4) is 0 Å². The Bertz CT molecular complexity index is 102. The minimum absolute atomic E-state index is 1.03. The van der Waals surface area contributed by atoms with Crippen LogP contribution in [0, 0.1) is 0 Å². The van der Waals surface area contributed by atoms with E-state index in [0.717, 1.165) is 11.1 Å². The zero-order chi connectivity index (χ0) is 11.9. The van der Waals surface area contributed by atoms with Gasteiger partial charge in [-0.25, -0.2) is 0 Å². The van der Waals surface area contributed by atoms with Crippen LogP contribution in [0.1, 0.15) is 55.4 Å². The predicted octanol–water partition coefficient (Wildman–Crippen LogP) is 4.50. The average molecular weight is 187 g/mol. The molecule has 0 atom stereocenters. The summed E-state index contributed by atoms with van der Waals surface area (Å²) in [6.45, 7) is 19.5. The molecule has 0 aliphatic rings. The lowest BCUT2D eigenvalue weighted by Gasteiger charge is -1.91.